The molecule has 2 rings (SSSR count). The number of hydrogen-bond acceptors (Lipinski definition) is 5. The zero-order valence-electron chi connectivity index (χ0n) is 18.1. The minimum atomic E-state index is -0.814. The van der Waals surface area contributed by atoms with Gasteiger partial charge in [0.05, 0.1) is 12.6 Å². The third-order valence-corrected chi connectivity index (χ3v) is 4.53. The van der Waals surface area contributed by atoms with E-state index in [9.17, 15) is 9.90 Å². The van der Waals surface area contributed by atoms with Crippen LogP contribution in [0.5, 0.6) is 0 Å². The Hall–Kier alpha value is -3.71. The number of nitrogens with two attached hydrogens (primary N) is 1. The van der Waals surface area contributed by atoms with Gasteiger partial charge in [-0.2, -0.15) is 0 Å². The van der Waals surface area contributed by atoms with Crippen molar-refractivity contribution in [3.8, 4) is 0 Å². The van der Waals surface area contributed by atoms with Crippen molar-refractivity contribution >= 4 is 30.2 Å². The normalized spacial score (nSPS) is 13.5. The zero-order valence-corrected chi connectivity index (χ0v) is 18.1. The highest BCUT2D eigenvalue weighted by Gasteiger charge is 2.15. The summed E-state index contributed by atoms with van der Waals surface area (Å²) < 4.78 is 0. The summed E-state index contributed by atoms with van der Waals surface area (Å²) in [5.74, 6) is -0.0582. The molecule has 0 aromatic heterocycles. The molecule has 0 heterocycles. The van der Waals surface area contributed by atoms with Gasteiger partial charge in [0, 0.05) is 41.3 Å². The second-order valence-electron chi connectivity index (χ2n) is 6.93. The predicted octanol–water partition coefficient (Wildman–Crippen LogP) is 3.34. The standard InChI is InChI=1S/C24H29N5O2/c1-16(13-20-19(23(25)31)11-8-12-22(20)27-4)29-24(21(15-26-3)17(2)30)28-14-18-9-6-5-7-10-18/h5-13,15,17,27,30H,3,14H2,1-2,4H3,(H2,25,31)(H,28,29)/b16-13-,21-15-. The molecule has 0 spiro atoms. The quantitative estimate of drug-likeness (QED) is 0.369. The van der Waals surface area contributed by atoms with Gasteiger partial charge in [-0.1, -0.05) is 36.4 Å². The maximum Gasteiger partial charge on any atom is 0.249 e. The van der Waals surface area contributed by atoms with Crippen LogP contribution < -0.4 is 16.4 Å². The summed E-state index contributed by atoms with van der Waals surface area (Å²) in [5.41, 5.74) is 9.60. The molecule has 2 aromatic rings. The molecular formula is C24H29N5O2. The van der Waals surface area contributed by atoms with Crippen LogP contribution >= 0.6 is 0 Å². The fraction of sp³-hybridized carbons (Fsp3) is 0.208. The van der Waals surface area contributed by atoms with E-state index >= 15 is 0 Å². The molecule has 0 saturated heterocycles. The Morgan fingerprint density at radius 3 is 2.52 bits per heavy atom. The summed E-state index contributed by atoms with van der Waals surface area (Å²) in [7, 11) is 1.77. The number of aliphatic imine (C=N–C) groups is 2. The molecule has 1 amide bonds. The fourth-order valence-electron chi connectivity index (χ4n) is 3.01. The largest absolute Gasteiger partial charge is 0.389 e. The first-order chi connectivity index (χ1) is 14.9. The van der Waals surface area contributed by atoms with Crippen molar-refractivity contribution in [2.75, 3.05) is 12.4 Å². The van der Waals surface area contributed by atoms with E-state index in [-0.39, 0.29) is 0 Å². The fourth-order valence-corrected chi connectivity index (χ4v) is 3.01. The van der Waals surface area contributed by atoms with Crippen molar-refractivity contribution in [3.63, 3.8) is 0 Å². The monoisotopic (exact) mass is 419 g/mol. The van der Waals surface area contributed by atoms with Crippen LogP contribution in [0.4, 0.5) is 5.69 Å². The number of aliphatic hydroxyl groups is 1. The molecular weight excluding hydrogens is 390 g/mol. The van der Waals surface area contributed by atoms with Gasteiger partial charge < -0.3 is 21.5 Å². The second-order valence-corrected chi connectivity index (χ2v) is 6.93. The highest BCUT2D eigenvalue weighted by atomic mass is 16.3. The lowest BCUT2D eigenvalue weighted by Gasteiger charge is -2.17. The molecule has 0 fully saturated rings. The molecule has 0 radical (unpaired) electrons. The molecule has 0 bridgehead atoms. The predicted molar refractivity (Wildman–Crippen MR) is 128 cm³/mol. The van der Waals surface area contributed by atoms with Crippen molar-refractivity contribution in [2.24, 2.45) is 15.7 Å². The van der Waals surface area contributed by atoms with E-state index in [1.54, 1.807) is 26.1 Å². The summed E-state index contributed by atoms with van der Waals surface area (Å²) in [5, 5.41) is 16.6. The number of primary amides is 1. The van der Waals surface area contributed by atoms with E-state index in [4.69, 9.17) is 5.73 Å². The Labute approximate surface area is 183 Å². The van der Waals surface area contributed by atoms with Gasteiger partial charge in [-0.15, -0.1) is 0 Å². The first-order valence-corrected chi connectivity index (χ1v) is 9.86. The molecule has 1 atom stereocenters. The number of amidine groups is 1. The maximum atomic E-state index is 11.9. The van der Waals surface area contributed by atoms with Gasteiger partial charge >= 0.3 is 0 Å². The number of nitrogens with zero attached hydrogens (tertiary/aromatic N) is 2. The highest BCUT2D eigenvalue weighted by Crippen LogP contribution is 2.22. The molecule has 7 nitrogen and oxygen atoms in total. The molecule has 2 aromatic carbocycles. The van der Waals surface area contributed by atoms with Crippen LogP contribution in [0.2, 0.25) is 0 Å². The first-order valence-electron chi connectivity index (χ1n) is 9.86. The highest BCUT2D eigenvalue weighted by molar-refractivity contribution is 6.02. The van der Waals surface area contributed by atoms with E-state index in [0.717, 1.165) is 11.3 Å². The topological polar surface area (TPSA) is 112 Å². The lowest BCUT2D eigenvalue weighted by molar-refractivity contribution is 0.1000. The Balaban J connectivity index is 2.46. The third-order valence-electron chi connectivity index (χ3n) is 4.53. The van der Waals surface area contributed by atoms with Crippen molar-refractivity contribution in [1.82, 2.24) is 5.32 Å². The zero-order chi connectivity index (χ0) is 22.8. The van der Waals surface area contributed by atoms with Crippen LogP contribution in [0.25, 0.3) is 6.08 Å². The Morgan fingerprint density at radius 1 is 1.23 bits per heavy atom. The average Bonchev–Trinajstić information content (AvgIpc) is 2.75. The average molecular weight is 420 g/mol. The molecule has 1 unspecified atom stereocenters. The number of aliphatic hydroxyl groups excluding tert-OH is 1. The van der Waals surface area contributed by atoms with Crippen LogP contribution in [-0.4, -0.2) is 36.7 Å². The van der Waals surface area contributed by atoms with E-state index in [1.807, 2.05) is 49.4 Å². The van der Waals surface area contributed by atoms with Crippen molar-refractivity contribution in [1.29, 1.82) is 0 Å². The van der Waals surface area contributed by atoms with Gasteiger partial charge in [0.1, 0.15) is 5.84 Å². The Kier molecular flexibility index (Phi) is 8.72. The number of hydrogen-bond donors (Lipinski definition) is 4. The summed E-state index contributed by atoms with van der Waals surface area (Å²) in [6.45, 7) is 7.38. The summed E-state index contributed by atoms with van der Waals surface area (Å²) >= 11 is 0. The number of benzene rings is 2. The maximum absolute atomic E-state index is 11.9. The van der Waals surface area contributed by atoms with E-state index < -0.39 is 12.0 Å². The van der Waals surface area contributed by atoms with Gasteiger partial charge in [0.25, 0.3) is 0 Å². The van der Waals surface area contributed by atoms with E-state index in [2.05, 4.69) is 27.3 Å². The number of carbonyl (C=O) groups is 1. The van der Waals surface area contributed by atoms with E-state index in [1.165, 1.54) is 6.20 Å². The minimum Gasteiger partial charge on any atom is -0.389 e. The van der Waals surface area contributed by atoms with Gasteiger partial charge in [0.2, 0.25) is 5.91 Å². The van der Waals surface area contributed by atoms with Gasteiger partial charge in [0.15, 0.2) is 0 Å². The number of amides is 1. The second kappa shape index (κ2) is 11.5. The van der Waals surface area contributed by atoms with Crippen molar-refractivity contribution < 1.29 is 9.90 Å². The smallest absolute Gasteiger partial charge is 0.249 e. The Bertz CT molecular complexity index is 1010. The SMILES string of the molecule is C=N/C=C(\C(=NCc1ccccc1)N/C(C)=C\c1c(NC)cccc1C(N)=O)C(C)O. The van der Waals surface area contributed by atoms with Gasteiger partial charge in [-0.3, -0.25) is 14.8 Å². The van der Waals surface area contributed by atoms with Crippen molar-refractivity contribution in [2.45, 2.75) is 26.5 Å². The minimum absolute atomic E-state index is 0.398. The van der Waals surface area contributed by atoms with Gasteiger partial charge in [-0.25, -0.2) is 0 Å². The molecule has 0 aliphatic rings. The third kappa shape index (κ3) is 6.65. The Morgan fingerprint density at radius 2 is 1.94 bits per heavy atom. The van der Waals surface area contributed by atoms with Crippen LogP contribution in [0.3, 0.4) is 0 Å². The summed E-state index contributed by atoms with van der Waals surface area (Å²) in [4.78, 5) is 20.4. The lowest BCUT2D eigenvalue weighted by atomic mass is 10.0. The molecule has 31 heavy (non-hydrogen) atoms. The van der Waals surface area contributed by atoms with Crippen LogP contribution in [-0.2, 0) is 6.54 Å². The molecule has 0 aliphatic carbocycles. The number of nitrogens with one attached hydrogen (secondary N) is 2. The summed E-state index contributed by atoms with van der Waals surface area (Å²) in [6.07, 6.45) is 2.47. The first kappa shape index (κ1) is 23.6. The number of allylic oxidation sites excluding steroid dienone is 1. The van der Waals surface area contributed by atoms with Crippen molar-refractivity contribution in [3.05, 3.63) is 82.7 Å². The number of anilines is 1. The molecule has 0 aliphatic heterocycles. The molecule has 0 saturated carbocycles. The van der Waals surface area contributed by atoms with Gasteiger partial charge in [-0.05, 0) is 44.3 Å². The molecule has 5 N–H and O–H groups in total. The number of carbonyl (C=O) groups excluding carboxylic acids is 1. The van der Waals surface area contributed by atoms with Crippen LogP contribution in [0.15, 0.2) is 76.0 Å². The molecule has 7 heteroatoms. The van der Waals surface area contributed by atoms with Crippen LogP contribution in [0, 0.1) is 0 Å². The lowest BCUT2D eigenvalue weighted by Crippen LogP contribution is -2.29. The van der Waals surface area contributed by atoms with E-state index in [0.29, 0.717) is 34.8 Å². The number of rotatable bonds is 9. The van der Waals surface area contributed by atoms with Crippen LogP contribution in [0.1, 0.15) is 35.3 Å². The summed E-state index contributed by atoms with van der Waals surface area (Å²) in [6, 6.07) is 15.1. The molecule has 162 valence electrons.